The molecule has 1 heterocycles. The van der Waals surface area contributed by atoms with E-state index in [4.69, 9.17) is 4.74 Å². The van der Waals surface area contributed by atoms with E-state index < -0.39 is 9.84 Å². The zero-order chi connectivity index (χ0) is 13.2. The third kappa shape index (κ3) is 2.65. The van der Waals surface area contributed by atoms with Crippen molar-refractivity contribution in [3.8, 4) is 0 Å². The van der Waals surface area contributed by atoms with E-state index in [0.29, 0.717) is 11.5 Å². The molecule has 0 amide bonds. The number of aryl methyl sites for hydroxylation is 1. The van der Waals surface area contributed by atoms with Gasteiger partial charge in [-0.3, -0.25) is 0 Å². The highest BCUT2D eigenvalue weighted by Crippen LogP contribution is 2.27. The normalized spacial score (nSPS) is 20.6. The van der Waals surface area contributed by atoms with Gasteiger partial charge < -0.3 is 4.74 Å². The van der Waals surface area contributed by atoms with Crippen molar-refractivity contribution in [1.82, 2.24) is 0 Å². The van der Waals surface area contributed by atoms with Gasteiger partial charge in [0.05, 0.1) is 15.9 Å². The number of sulfone groups is 1. The van der Waals surface area contributed by atoms with Crippen molar-refractivity contribution in [2.75, 3.05) is 6.61 Å². The van der Waals surface area contributed by atoms with E-state index in [9.17, 15) is 8.42 Å². The van der Waals surface area contributed by atoms with Gasteiger partial charge in [0.2, 0.25) is 9.84 Å². The molecule has 4 heteroatoms. The fourth-order valence-electron chi connectivity index (χ4n) is 2.04. The summed E-state index contributed by atoms with van der Waals surface area (Å²) in [6.07, 6.45) is 2.37. The number of hydrogen-bond acceptors (Lipinski definition) is 3. The Balaban J connectivity index is 2.24. The standard InChI is InChI=1S/C14H18O3S/c1-11-6-8-13(9-7-11)18(15,16)12(2)14-5-3-4-10-17-14/h6-9,14H,2-5,10H2,1H3. The third-order valence-corrected chi connectivity index (χ3v) is 5.06. The van der Waals surface area contributed by atoms with E-state index in [0.717, 1.165) is 24.8 Å². The lowest BCUT2D eigenvalue weighted by Crippen LogP contribution is -2.25. The van der Waals surface area contributed by atoms with Crippen LogP contribution in [0.1, 0.15) is 24.8 Å². The average molecular weight is 266 g/mol. The highest BCUT2D eigenvalue weighted by atomic mass is 32.2. The summed E-state index contributed by atoms with van der Waals surface area (Å²) in [4.78, 5) is 0.485. The van der Waals surface area contributed by atoms with Crippen LogP contribution in [0.5, 0.6) is 0 Å². The first kappa shape index (κ1) is 13.3. The Morgan fingerprint density at radius 2 is 1.94 bits per heavy atom. The monoisotopic (exact) mass is 266 g/mol. The Kier molecular flexibility index (Phi) is 3.88. The van der Waals surface area contributed by atoms with Crippen LogP contribution in [0, 0.1) is 6.92 Å². The van der Waals surface area contributed by atoms with E-state index in [2.05, 4.69) is 6.58 Å². The Bertz CT molecular complexity index is 523. The van der Waals surface area contributed by atoms with Crippen molar-refractivity contribution in [3.63, 3.8) is 0 Å². The molecule has 2 rings (SSSR count). The largest absolute Gasteiger partial charge is 0.373 e. The predicted octanol–water partition coefficient (Wildman–Crippen LogP) is 2.85. The van der Waals surface area contributed by atoms with Crippen LogP contribution >= 0.6 is 0 Å². The molecular formula is C14H18O3S. The van der Waals surface area contributed by atoms with Gasteiger partial charge in [0.15, 0.2) is 0 Å². The molecule has 0 radical (unpaired) electrons. The Morgan fingerprint density at radius 1 is 1.28 bits per heavy atom. The van der Waals surface area contributed by atoms with Gasteiger partial charge in [-0.1, -0.05) is 24.3 Å². The van der Waals surface area contributed by atoms with Crippen LogP contribution in [0.2, 0.25) is 0 Å². The molecule has 1 fully saturated rings. The van der Waals surface area contributed by atoms with Crippen LogP contribution in [-0.4, -0.2) is 21.1 Å². The summed E-state index contributed by atoms with van der Waals surface area (Å²) in [7, 11) is -3.47. The Labute approximate surface area is 108 Å². The van der Waals surface area contributed by atoms with Gasteiger partial charge in [-0.15, -0.1) is 0 Å². The minimum Gasteiger partial charge on any atom is -0.373 e. The molecule has 1 atom stereocenters. The molecule has 1 aliphatic heterocycles. The molecule has 1 aliphatic rings. The highest BCUT2D eigenvalue weighted by molar-refractivity contribution is 7.95. The van der Waals surface area contributed by atoms with Crippen molar-refractivity contribution in [2.45, 2.75) is 37.2 Å². The topological polar surface area (TPSA) is 43.4 Å². The maximum atomic E-state index is 12.4. The maximum Gasteiger partial charge on any atom is 0.204 e. The summed E-state index contributed by atoms with van der Waals surface area (Å²) in [5.74, 6) is 0. The zero-order valence-corrected chi connectivity index (χ0v) is 11.4. The first-order chi connectivity index (χ1) is 8.51. The molecule has 0 spiro atoms. The molecule has 1 aromatic carbocycles. The van der Waals surface area contributed by atoms with E-state index in [1.54, 1.807) is 24.3 Å². The van der Waals surface area contributed by atoms with Crippen molar-refractivity contribution < 1.29 is 13.2 Å². The molecule has 0 bridgehead atoms. The lowest BCUT2D eigenvalue weighted by Gasteiger charge is -2.24. The second-order valence-corrected chi connectivity index (χ2v) is 6.64. The third-order valence-electron chi connectivity index (χ3n) is 3.22. The van der Waals surface area contributed by atoms with Gasteiger partial charge in [0.1, 0.15) is 0 Å². The van der Waals surface area contributed by atoms with Crippen LogP contribution in [0.3, 0.4) is 0 Å². The molecule has 98 valence electrons. The molecule has 0 saturated carbocycles. The van der Waals surface area contributed by atoms with E-state index in [1.807, 2.05) is 6.92 Å². The summed E-state index contributed by atoms with van der Waals surface area (Å²) in [6, 6.07) is 6.83. The summed E-state index contributed by atoms with van der Waals surface area (Å²) in [6.45, 7) is 6.28. The summed E-state index contributed by atoms with van der Waals surface area (Å²) in [5.41, 5.74) is 1.04. The van der Waals surface area contributed by atoms with Gasteiger partial charge >= 0.3 is 0 Å². The summed E-state index contributed by atoms with van der Waals surface area (Å²) >= 11 is 0. The van der Waals surface area contributed by atoms with Crippen molar-refractivity contribution >= 4 is 9.84 Å². The molecule has 1 aromatic rings. The molecule has 3 nitrogen and oxygen atoms in total. The molecule has 0 N–H and O–H groups in total. The van der Waals surface area contributed by atoms with Gasteiger partial charge in [-0.2, -0.15) is 0 Å². The predicted molar refractivity (Wildman–Crippen MR) is 71.1 cm³/mol. The molecule has 18 heavy (non-hydrogen) atoms. The molecule has 0 aliphatic carbocycles. The van der Waals surface area contributed by atoms with E-state index in [1.165, 1.54) is 0 Å². The molecule has 1 unspecified atom stereocenters. The highest BCUT2D eigenvalue weighted by Gasteiger charge is 2.28. The van der Waals surface area contributed by atoms with Crippen LogP contribution in [-0.2, 0) is 14.6 Å². The number of rotatable bonds is 3. The quantitative estimate of drug-likeness (QED) is 0.845. The fourth-order valence-corrected chi connectivity index (χ4v) is 3.37. The Hall–Kier alpha value is -1.13. The van der Waals surface area contributed by atoms with Gasteiger partial charge in [0, 0.05) is 6.61 Å². The number of benzene rings is 1. The maximum absolute atomic E-state index is 12.4. The molecule has 1 saturated heterocycles. The van der Waals surface area contributed by atoms with Crippen LogP contribution in [0.25, 0.3) is 0 Å². The summed E-state index contributed by atoms with van der Waals surface area (Å²) < 4.78 is 30.2. The number of hydrogen-bond donors (Lipinski definition) is 0. The molecular weight excluding hydrogens is 248 g/mol. The fraction of sp³-hybridized carbons (Fsp3) is 0.429. The lowest BCUT2D eigenvalue weighted by atomic mass is 10.1. The second-order valence-electron chi connectivity index (χ2n) is 4.64. The average Bonchev–Trinajstić information content (AvgIpc) is 2.39. The van der Waals surface area contributed by atoms with E-state index >= 15 is 0 Å². The van der Waals surface area contributed by atoms with Crippen molar-refractivity contribution in [2.24, 2.45) is 0 Å². The SMILES string of the molecule is C=C(C1CCCCO1)S(=O)(=O)c1ccc(C)cc1. The minimum atomic E-state index is -3.47. The smallest absolute Gasteiger partial charge is 0.204 e. The lowest BCUT2D eigenvalue weighted by molar-refractivity contribution is 0.0439. The van der Waals surface area contributed by atoms with Crippen LogP contribution < -0.4 is 0 Å². The van der Waals surface area contributed by atoms with Gasteiger partial charge in [0.25, 0.3) is 0 Å². The van der Waals surface area contributed by atoms with Crippen molar-refractivity contribution in [3.05, 3.63) is 41.3 Å². The van der Waals surface area contributed by atoms with Crippen LogP contribution in [0.4, 0.5) is 0 Å². The second kappa shape index (κ2) is 5.24. The number of ether oxygens (including phenoxy) is 1. The first-order valence-electron chi connectivity index (χ1n) is 6.14. The van der Waals surface area contributed by atoms with Gasteiger partial charge in [-0.25, -0.2) is 8.42 Å². The van der Waals surface area contributed by atoms with Gasteiger partial charge in [-0.05, 0) is 38.3 Å². The molecule has 0 aromatic heterocycles. The minimum absolute atomic E-state index is 0.186. The first-order valence-corrected chi connectivity index (χ1v) is 7.62. The zero-order valence-electron chi connectivity index (χ0n) is 10.6. The van der Waals surface area contributed by atoms with Crippen LogP contribution in [0.15, 0.2) is 40.6 Å². The Morgan fingerprint density at radius 3 is 2.50 bits per heavy atom. The van der Waals surface area contributed by atoms with Crippen molar-refractivity contribution in [1.29, 1.82) is 0 Å². The van der Waals surface area contributed by atoms with E-state index in [-0.39, 0.29) is 11.0 Å². The summed E-state index contributed by atoms with van der Waals surface area (Å²) in [5, 5.41) is 0.